The van der Waals surface area contributed by atoms with Crippen LogP contribution in [0, 0.1) is 7.14 Å². The van der Waals surface area contributed by atoms with Crippen LogP contribution in [0.2, 0.25) is 5.02 Å². The van der Waals surface area contributed by atoms with Crippen LogP contribution in [0.15, 0.2) is 30.3 Å². The van der Waals surface area contributed by atoms with Gasteiger partial charge in [0.05, 0.1) is 15.7 Å². The van der Waals surface area contributed by atoms with Crippen LogP contribution < -0.4 is 9.47 Å². The molecular weight excluding hydrogens is 521 g/mol. The van der Waals surface area contributed by atoms with Gasteiger partial charge in [0.2, 0.25) is 0 Å². The van der Waals surface area contributed by atoms with Crippen LogP contribution in [0.25, 0.3) is 0 Å². The summed E-state index contributed by atoms with van der Waals surface area (Å²) >= 11 is 10.2. The molecule has 4 nitrogen and oxygen atoms in total. The summed E-state index contributed by atoms with van der Waals surface area (Å²) in [4.78, 5) is 11.4. The third-order valence-electron chi connectivity index (χ3n) is 2.59. The Balaban J connectivity index is 2.46. The zero-order valence-electron chi connectivity index (χ0n) is 10.7. The van der Waals surface area contributed by atoms with Crippen LogP contribution in [0.1, 0.15) is 10.4 Å². The Morgan fingerprint density at radius 1 is 1.24 bits per heavy atom. The summed E-state index contributed by atoms with van der Waals surface area (Å²) in [7, 11) is 1.54. The van der Waals surface area contributed by atoms with E-state index in [2.05, 4.69) is 22.6 Å². The van der Waals surface area contributed by atoms with Crippen LogP contribution in [0.5, 0.6) is 17.2 Å². The minimum atomic E-state index is -1.05. The van der Waals surface area contributed by atoms with Crippen molar-refractivity contribution in [1.82, 2.24) is 0 Å². The Bertz CT molecular complexity index is 704. The van der Waals surface area contributed by atoms with Gasteiger partial charge >= 0.3 is 5.97 Å². The van der Waals surface area contributed by atoms with Crippen molar-refractivity contribution in [3.05, 3.63) is 48.1 Å². The summed E-state index contributed by atoms with van der Waals surface area (Å²) in [5.41, 5.74) is 0.0955. The average Bonchev–Trinajstić information content (AvgIpc) is 2.42. The fraction of sp³-hybridized carbons (Fsp3) is 0.0714. The normalized spacial score (nSPS) is 10.3. The highest BCUT2D eigenvalue weighted by Crippen LogP contribution is 2.37. The number of carboxylic acids is 1. The summed E-state index contributed by atoms with van der Waals surface area (Å²) in [6.07, 6.45) is 0. The molecule has 0 amide bonds. The van der Waals surface area contributed by atoms with E-state index >= 15 is 0 Å². The second-order valence-corrected chi connectivity index (χ2v) is 6.78. The zero-order chi connectivity index (χ0) is 15.6. The van der Waals surface area contributed by atoms with Gasteiger partial charge in [0.1, 0.15) is 17.1 Å². The van der Waals surface area contributed by atoms with Crippen molar-refractivity contribution in [2.24, 2.45) is 0 Å². The second kappa shape index (κ2) is 7.01. The lowest BCUT2D eigenvalue weighted by Crippen LogP contribution is -2.03. The maximum Gasteiger partial charge on any atom is 0.339 e. The van der Waals surface area contributed by atoms with E-state index in [4.69, 9.17) is 21.1 Å². The molecule has 0 aliphatic carbocycles. The Labute approximate surface area is 153 Å². The van der Waals surface area contributed by atoms with E-state index in [0.717, 1.165) is 3.57 Å². The smallest absolute Gasteiger partial charge is 0.339 e. The van der Waals surface area contributed by atoms with Crippen LogP contribution >= 0.6 is 56.8 Å². The molecule has 2 rings (SSSR count). The number of aromatic carboxylic acids is 1. The van der Waals surface area contributed by atoms with Gasteiger partial charge in [0.25, 0.3) is 0 Å². The molecule has 110 valence electrons. The molecule has 0 saturated heterocycles. The first-order chi connectivity index (χ1) is 9.92. The van der Waals surface area contributed by atoms with Gasteiger partial charge in [-0.15, -0.1) is 0 Å². The Morgan fingerprint density at radius 2 is 1.95 bits per heavy atom. The van der Waals surface area contributed by atoms with Gasteiger partial charge in [-0.1, -0.05) is 11.6 Å². The molecule has 21 heavy (non-hydrogen) atoms. The van der Waals surface area contributed by atoms with E-state index in [0.29, 0.717) is 20.1 Å². The van der Waals surface area contributed by atoms with Gasteiger partial charge in [-0.25, -0.2) is 4.79 Å². The third kappa shape index (κ3) is 3.92. The highest BCUT2D eigenvalue weighted by Gasteiger charge is 2.18. The van der Waals surface area contributed by atoms with Crippen LogP contribution in [-0.2, 0) is 0 Å². The molecule has 0 unspecified atom stereocenters. The predicted molar refractivity (Wildman–Crippen MR) is 96.9 cm³/mol. The third-order valence-corrected chi connectivity index (χ3v) is 4.31. The Morgan fingerprint density at radius 3 is 2.52 bits per heavy atom. The molecule has 0 atom stereocenters. The van der Waals surface area contributed by atoms with E-state index in [1.807, 2.05) is 28.7 Å². The highest BCUT2D eigenvalue weighted by atomic mass is 127. The van der Waals surface area contributed by atoms with Crippen LogP contribution in [0.4, 0.5) is 0 Å². The summed E-state index contributed by atoms with van der Waals surface area (Å²) in [5, 5.41) is 9.65. The van der Waals surface area contributed by atoms with Gasteiger partial charge < -0.3 is 14.6 Å². The number of carboxylic acid groups (broad SMARTS) is 1. The number of carbonyl (C=O) groups is 1. The molecular formula is C14H9ClI2O4. The first kappa shape index (κ1) is 16.6. The predicted octanol–water partition coefficient (Wildman–Crippen LogP) is 5.05. The molecule has 0 bridgehead atoms. The van der Waals surface area contributed by atoms with Gasteiger partial charge in [-0.2, -0.15) is 0 Å². The number of halogens is 3. The topological polar surface area (TPSA) is 55.8 Å². The van der Waals surface area contributed by atoms with Crippen LogP contribution in [-0.4, -0.2) is 18.2 Å². The number of hydrogen-bond acceptors (Lipinski definition) is 3. The molecule has 0 heterocycles. The summed E-state index contributed by atoms with van der Waals surface area (Å²) in [6, 6.07) is 8.33. The molecule has 0 radical (unpaired) electrons. The molecule has 0 spiro atoms. The standard InChI is InChI=1S/C14H9ClI2O4/c1-20-8-2-3-12(10(15)6-8)21-13-9(14(18)19)4-7(16)5-11(13)17/h2-6H,1H3,(H,18,19). The quantitative estimate of drug-likeness (QED) is 0.563. The van der Waals surface area contributed by atoms with Gasteiger partial charge in [0.15, 0.2) is 5.75 Å². The van der Waals surface area contributed by atoms with E-state index in [-0.39, 0.29) is 11.3 Å². The summed E-state index contributed by atoms with van der Waals surface area (Å²) in [6.45, 7) is 0. The maximum atomic E-state index is 11.4. The lowest BCUT2D eigenvalue weighted by Gasteiger charge is -2.13. The SMILES string of the molecule is COc1ccc(Oc2c(I)cc(I)cc2C(=O)O)c(Cl)c1. The molecule has 0 aliphatic heterocycles. The lowest BCUT2D eigenvalue weighted by molar-refractivity contribution is 0.0694. The second-order valence-electron chi connectivity index (χ2n) is 3.97. The molecule has 2 aromatic rings. The molecule has 1 N–H and O–H groups in total. The molecule has 7 heteroatoms. The van der Waals surface area contributed by atoms with Gasteiger partial charge in [-0.05, 0) is 69.4 Å². The lowest BCUT2D eigenvalue weighted by atomic mass is 10.2. The van der Waals surface area contributed by atoms with E-state index in [1.54, 1.807) is 24.3 Å². The number of rotatable bonds is 4. The fourth-order valence-corrected chi connectivity index (χ4v) is 3.79. The maximum absolute atomic E-state index is 11.4. The van der Waals surface area contributed by atoms with Crippen molar-refractivity contribution in [2.45, 2.75) is 0 Å². The molecule has 0 fully saturated rings. The van der Waals surface area contributed by atoms with Crippen LogP contribution in [0.3, 0.4) is 0 Å². The Hall–Kier alpha value is -0.740. The summed E-state index contributed by atoms with van der Waals surface area (Å²) < 4.78 is 12.3. The summed E-state index contributed by atoms with van der Waals surface area (Å²) in [5.74, 6) is 0.198. The van der Waals surface area contributed by atoms with E-state index in [1.165, 1.54) is 7.11 Å². The van der Waals surface area contributed by atoms with Crippen molar-refractivity contribution in [3.63, 3.8) is 0 Å². The molecule has 0 aromatic heterocycles. The minimum absolute atomic E-state index is 0.0955. The molecule has 0 saturated carbocycles. The van der Waals surface area contributed by atoms with Crippen molar-refractivity contribution in [3.8, 4) is 17.2 Å². The Kier molecular flexibility index (Phi) is 5.55. The zero-order valence-corrected chi connectivity index (χ0v) is 15.8. The van der Waals surface area contributed by atoms with Crippen molar-refractivity contribution in [1.29, 1.82) is 0 Å². The number of benzene rings is 2. The van der Waals surface area contributed by atoms with Crippen molar-refractivity contribution in [2.75, 3.05) is 7.11 Å². The first-order valence-corrected chi connectivity index (χ1v) is 8.19. The van der Waals surface area contributed by atoms with Gasteiger partial charge in [-0.3, -0.25) is 0 Å². The number of methoxy groups -OCH3 is 1. The van der Waals surface area contributed by atoms with Gasteiger partial charge in [0, 0.05) is 9.64 Å². The van der Waals surface area contributed by atoms with E-state index < -0.39 is 5.97 Å². The monoisotopic (exact) mass is 530 g/mol. The molecule has 0 aliphatic rings. The average molecular weight is 530 g/mol. The largest absolute Gasteiger partial charge is 0.497 e. The number of ether oxygens (including phenoxy) is 2. The first-order valence-electron chi connectivity index (χ1n) is 5.66. The molecule has 2 aromatic carbocycles. The van der Waals surface area contributed by atoms with E-state index in [9.17, 15) is 9.90 Å². The van der Waals surface area contributed by atoms with Crippen molar-refractivity contribution < 1.29 is 19.4 Å². The number of hydrogen-bond donors (Lipinski definition) is 1. The highest BCUT2D eigenvalue weighted by molar-refractivity contribution is 14.1. The van der Waals surface area contributed by atoms with Crippen molar-refractivity contribution >= 4 is 62.8 Å². The fourth-order valence-electron chi connectivity index (χ4n) is 1.62. The minimum Gasteiger partial charge on any atom is -0.497 e.